The number of cyclic esters (lactones) is 1. The second kappa shape index (κ2) is 6.49. The van der Waals surface area contributed by atoms with E-state index in [4.69, 9.17) is 9.47 Å². The fraction of sp³-hybridized carbons (Fsp3) is 0.357. The Balaban J connectivity index is 2.08. The molecule has 6 heteroatoms. The maximum Gasteiger partial charge on any atom is 0.338 e. The zero-order valence-electron chi connectivity index (χ0n) is 10.8. The minimum Gasteiger partial charge on any atom is -0.454 e. The Morgan fingerprint density at radius 2 is 2.15 bits per heavy atom. The van der Waals surface area contributed by atoms with Gasteiger partial charge in [0.2, 0.25) is 0 Å². The third-order valence-corrected chi connectivity index (χ3v) is 3.82. The largest absolute Gasteiger partial charge is 0.454 e. The summed E-state index contributed by atoms with van der Waals surface area (Å²) in [7, 11) is 1.31. The van der Waals surface area contributed by atoms with Crippen molar-refractivity contribution in [3.05, 3.63) is 40.4 Å². The fourth-order valence-electron chi connectivity index (χ4n) is 2.01. The molecule has 108 valence electrons. The van der Waals surface area contributed by atoms with Crippen LogP contribution in [0.1, 0.15) is 5.56 Å². The molecule has 5 nitrogen and oxygen atoms in total. The van der Waals surface area contributed by atoms with Gasteiger partial charge in [0.25, 0.3) is 0 Å². The van der Waals surface area contributed by atoms with E-state index in [-0.39, 0.29) is 0 Å². The van der Waals surface area contributed by atoms with Crippen molar-refractivity contribution in [2.75, 3.05) is 7.11 Å². The molecule has 20 heavy (non-hydrogen) atoms. The molecule has 1 fully saturated rings. The minimum absolute atomic E-state index is 0.668. The molecule has 2 rings (SSSR count). The van der Waals surface area contributed by atoms with Crippen LogP contribution < -0.4 is 0 Å². The van der Waals surface area contributed by atoms with Crippen LogP contribution in [0.5, 0.6) is 0 Å². The van der Waals surface area contributed by atoms with E-state index in [2.05, 4.69) is 15.9 Å². The number of hydrogen-bond acceptors (Lipinski definition) is 5. The molecule has 0 radical (unpaired) electrons. The van der Waals surface area contributed by atoms with E-state index in [0.717, 1.165) is 10.0 Å². The summed E-state index contributed by atoms with van der Waals surface area (Å²) in [5.74, 6) is -0.668. The van der Waals surface area contributed by atoms with Crippen molar-refractivity contribution in [1.29, 1.82) is 0 Å². The highest BCUT2D eigenvalue weighted by Gasteiger charge is 2.46. The molecule has 0 aromatic heterocycles. The molecule has 0 amide bonds. The summed E-state index contributed by atoms with van der Waals surface area (Å²) >= 11 is 3.38. The van der Waals surface area contributed by atoms with Crippen molar-refractivity contribution in [2.45, 2.75) is 24.4 Å². The maximum atomic E-state index is 11.4. The number of rotatable bonds is 4. The summed E-state index contributed by atoms with van der Waals surface area (Å²) in [5.41, 5.74) is 0.869. The van der Waals surface area contributed by atoms with Gasteiger partial charge in [-0.2, -0.15) is 0 Å². The van der Waals surface area contributed by atoms with Gasteiger partial charge in [-0.15, -0.1) is 0 Å². The van der Waals surface area contributed by atoms with Crippen molar-refractivity contribution >= 4 is 28.0 Å². The average Bonchev–Trinajstić information content (AvgIpc) is 2.72. The number of hydrogen-bond donors (Lipinski definition) is 2. The van der Waals surface area contributed by atoms with Crippen LogP contribution in [0.15, 0.2) is 34.8 Å². The van der Waals surface area contributed by atoms with Crippen LogP contribution in [0.3, 0.4) is 0 Å². The summed E-state index contributed by atoms with van der Waals surface area (Å²) < 4.78 is 10.6. The van der Waals surface area contributed by atoms with Gasteiger partial charge in [0.05, 0.1) is 0 Å². The Labute approximate surface area is 125 Å². The Morgan fingerprint density at radius 1 is 1.45 bits per heavy atom. The number of ether oxygens (including phenoxy) is 2. The van der Waals surface area contributed by atoms with Gasteiger partial charge in [-0.3, -0.25) is 0 Å². The number of methoxy groups -OCH3 is 1. The van der Waals surface area contributed by atoms with Gasteiger partial charge in [0.15, 0.2) is 12.2 Å². The molecule has 2 N–H and O–H groups in total. The first-order valence-corrected chi connectivity index (χ1v) is 6.86. The lowest BCUT2D eigenvalue weighted by atomic mass is 10.0. The molecule has 0 bridgehead atoms. The first-order chi connectivity index (χ1) is 9.54. The predicted octanol–water partition coefficient (Wildman–Crippen LogP) is 1.12. The van der Waals surface area contributed by atoms with Crippen LogP contribution in [-0.4, -0.2) is 47.7 Å². The third-order valence-electron chi connectivity index (χ3n) is 3.10. The molecule has 1 saturated heterocycles. The van der Waals surface area contributed by atoms with E-state index in [1.807, 2.05) is 24.3 Å². The maximum absolute atomic E-state index is 11.4. The summed E-state index contributed by atoms with van der Waals surface area (Å²) in [6, 6.07) is 7.48. The topological polar surface area (TPSA) is 76.0 Å². The molecule has 0 spiro atoms. The first-order valence-electron chi connectivity index (χ1n) is 6.06. The smallest absolute Gasteiger partial charge is 0.338 e. The molecule has 4 atom stereocenters. The Morgan fingerprint density at radius 3 is 2.75 bits per heavy atom. The molecule has 1 aromatic rings. The van der Waals surface area contributed by atoms with E-state index in [1.165, 1.54) is 13.2 Å². The number of carbonyl (C=O) groups excluding carboxylic acids is 1. The normalized spacial score (nSPS) is 27.8. The standard InChI is InChI=1S/C14H15BrO5/c1-19-13-11(17)12(20-14(13)18)10(16)7-6-8-4-2-3-5-9(8)15/h2-7,10-13,16-17H,1H3/b7-6+/t10-,11?,12?,13-/m1/s1. The number of benzene rings is 1. The zero-order chi connectivity index (χ0) is 14.7. The fourth-order valence-corrected chi connectivity index (χ4v) is 2.43. The van der Waals surface area contributed by atoms with E-state index in [1.54, 1.807) is 6.08 Å². The lowest BCUT2D eigenvalue weighted by Gasteiger charge is -2.17. The monoisotopic (exact) mass is 342 g/mol. The zero-order valence-corrected chi connectivity index (χ0v) is 12.4. The van der Waals surface area contributed by atoms with Crippen molar-refractivity contribution in [3.63, 3.8) is 0 Å². The van der Waals surface area contributed by atoms with E-state index >= 15 is 0 Å². The third kappa shape index (κ3) is 3.09. The van der Waals surface area contributed by atoms with Gasteiger partial charge < -0.3 is 19.7 Å². The number of aliphatic hydroxyl groups excluding tert-OH is 2. The number of carbonyl (C=O) groups is 1. The van der Waals surface area contributed by atoms with Crippen LogP contribution in [0, 0.1) is 0 Å². The SMILES string of the molecule is CO[C@H]1C(=O)OC([C@H](O)/C=C/c2ccccc2Br)C1O. The van der Waals surface area contributed by atoms with E-state index in [0.29, 0.717) is 0 Å². The second-order valence-corrected chi connectivity index (χ2v) is 5.27. The molecule has 1 heterocycles. The van der Waals surface area contributed by atoms with Gasteiger partial charge in [0.1, 0.15) is 12.2 Å². The summed E-state index contributed by atoms with van der Waals surface area (Å²) in [4.78, 5) is 11.4. The molecule has 0 aliphatic carbocycles. The van der Waals surface area contributed by atoms with Crippen LogP contribution in [0.4, 0.5) is 0 Å². The average molecular weight is 343 g/mol. The summed E-state index contributed by atoms with van der Waals surface area (Å²) in [6.45, 7) is 0. The van der Waals surface area contributed by atoms with Crippen molar-refractivity contribution in [1.82, 2.24) is 0 Å². The van der Waals surface area contributed by atoms with Gasteiger partial charge in [0, 0.05) is 11.6 Å². The molecular formula is C14H15BrO5. The minimum atomic E-state index is -1.19. The van der Waals surface area contributed by atoms with Crippen molar-refractivity contribution in [3.8, 4) is 0 Å². The highest BCUT2D eigenvalue weighted by molar-refractivity contribution is 9.10. The number of halogens is 1. The molecule has 1 aromatic carbocycles. The van der Waals surface area contributed by atoms with Gasteiger partial charge >= 0.3 is 5.97 Å². The number of esters is 1. The van der Waals surface area contributed by atoms with Crippen molar-refractivity contribution in [2.24, 2.45) is 0 Å². The van der Waals surface area contributed by atoms with Gasteiger partial charge in [-0.1, -0.05) is 46.3 Å². The lowest BCUT2D eigenvalue weighted by molar-refractivity contribution is -0.150. The first kappa shape index (κ1) is 15.2. The van der Waals surface area contributed by atoms with Crippen LogP contribution in [0.25, 0.3) is 6.08 Å². The predicted molar refractivity (Wildman–Crippen MR) is 75.9 cm³/mol. The Hall–Kier alpha value is -1.21. The van der Waals surface area contributed by atoms with Gasteiger partial charge in [-0.25, -0.2) is 4.79 Å². The lowest BCUT2D eigenvalue weighted by Crippen LogP contribution is -2.38. The Bertz CT molecular complexity index is 516. The molecule has 1 aliphatic rings. The summed E-state index contributed by atoms with van der Waals surface area (Å²) in [6.07, 6.45) is -1.21. The highest BCUT2D eigenvalue weighted by atomic mass is 79.9. The Kier molecular flexibility index (Phi) is 4.93. The van der Waals surface area contributed by atoms with Crippen LogP contribution >= 0.6 is 15.9 Å². The van der Waals surface area contributed by atoms with Crippen LogP contribution in [-0.2, 0) is 14.3 Å². The van der Waals surface area contributed by atoms with E-state index in [9.17, 15) is 15.0 Å². The molecule has 2 unspecified atom stereocenters. The van der Waals surface area contributed by atoms with Crippen molar-refractivity contribution < 1.29 is 24.5 Å². The highest BCUT2D eigenvalue weighted by Crippen LogP contribution is 2.23. The molecular weight excluding hydrogens is 328 g/mol. The second-order valence-electron chi connectivity index (χ2n) is 4.42. The molecule has 1 aliphatic heterocycles. The van der Waals surface area contributed by atoms with Gasteiger partial charge in [-0.05, 0) is 11.6 Å². The summed E-state index contributed by atoms with van der Waals surface area (Å²) in [5, 5.41) is 19.9. The molecule has 0 saturated carbocycles. The number of aliphatic hydroxyl groups is 2. The quantitative estimate of drug-likeness (QED) is 0.802. The van der Waals surface area contributed by atoms with Crippen LogP contribution in [0.2, 0.25) is 0 Å². The van der Waals surface area contributed by atoms with E-state index < -0.39 is 30.4 Å².